The van der Waals surface area contributed by atoms with E-state index in [1.807, 2.05) is 0 Å². The van der Waals surface area contributed by atoms with Crippen LogP contribution in [0.4, 0.5) is 0 Å². The van der Waals surface area contributed by atoms with Crippen molar-refractivity contribution < 1.29 is 0 Å². The first kappa shape index (κ1) is 13.9. The molecule has 0 bridgehead atoms. The Labute approximate surface area is 117 Å². The molecule has 1 heteroatoms. The molecule has 1 aromatic carbocycles. The van der Waals surface area contributed by atoms with Gasteiger partial charge in [0.25, 0.3) is 0 Å². The Morgan fingerprint density at radius 3 is 2.06 bits per heavy atom. The van der Waals surface area contributed by atoms with Crippen molar-refractivity contribution in [1.82, 2.24) is 0 Å². The van der Waals surface area contributed by atoms with Gasteiger partial charge in [-0.3, -0.25) is 0 Å². The second-order valence-electron chi connectivity index (χ2n) is 6.25. The normalized spacial score (nSPS) is 18.9. The molecule has 18 heavy (non-hydrogen) atoms. The largest absolute Gasteiger partial charge is 0.126 e. The van der Waals surface area contributed by atoms with Crippen LogP contribution in [0.2, 0.25) is 0 Å². The van der Waals surface area contributed by atoms with Crippen molar-refractivity contribution in [1.29, 1.82) is 0 Å². The summed E-state index contributed by atoms with van der Waals surface area (Å²) in [6.07, 6.45) is 7.90. The molecule has 0 aliphatic heterocycles. The van der Waals surface area contributed by atoms with Gasteiger partial charge in [0.15, 0.2) is 0 Å². The Balaban J connectivity index is 2.27. The van der Waals surface area contributed by atoms with Gasteiger partial charge in [-0.25, -0.2) is 0 Å². The number of benzene rings is 1. The van der Waals surface area contributed by atoms with Gasteiger partial charge in [-0.05, 0) is 62.1 Å². The molecule has 0 saturated heterocycles. The van der Waals surface area contributed by atoms with Crippen molar-refractivity contribution in [3.63, 3.8) is 0 Å². The Kier molecular flexibility index (Phi) is 4.37. The molecule has 0 spiro atoms. The van der Waals surface area contributed by atoms with E-state index in [9.17, 15) is 0 Å². The van der Waals surface area contributed by atoms with E-state index in [1.54, 1.807) is 5.56 Å². The van der Waals surface area contributed by atoms with Gasteiger partial charge in [0, 0.05) is 5.88 Å². The van der Waals surface area contributed by atoms with Gasteiger partial charge < -0.3 is 0 Å². The molecule has 2 rings (SSSR count). The second kappa shape index (κ2) is 5.65. The van der Waals surface area contributed by atoms with Gasteiger partial charge >= 0.3 is 0 Å². The molecular weight excluding hydrogens is 240 g/mol. The molecule has 0 N–H and O–H groups in total. The van der Waals surface area contributed by atoms with Gasteiger partial charge in [-0.1, -0.05) is 37.0 Å². The first-order chi connectivity index (χ1) is 8.56. The molecule has 0 radical (unpaired) electrons. The van der Waals surface area contributed by atoms with Crippen molar-refractivity contribution in [2.24, 2.45) is 5.41 Å². The predicted octanol–water partition coefficient (Wildman–Crippen LogP) is 5.34. The van der Waals surface area contributed by atoms with Gasteiger partial charge in [-0.2, -0.15) is 0 Å². The third-order valence-corrected chi connectivity index (χ3v) is 5.16. The highest BCUT2D eigenvalue weighted by Crippen LogP contribution is 2.41. The smallest absolute Gasteiger partial charge is 0.0283 e. The van der Waals surface area contributed by atoms with Crippen molar-refractivity contribution in [2.45, 2.75) is 59.3 Å². The summed E-state index contributed by atoms with van der Waals surface area (Å²) in [5, 5.41) is 0. The predicted molar refractivity (Wildman–Crippen MR) is 80.6 cm³/mol. The maximum absolute atomic E-state index is 6.32. The maximum Gasteiger partial charge on any atom is 0.0283 e. The minimum absolute atomic E-state index is 0.366. The zero-order chi connectivity index (χ0) is 13.2. The lowest BCUT2D eigenvalue weighted by molar-refractivity contribution is 0.219. The number of hydrogen-bond donors (Lipinski definition) is 0. The molecule has 1 aliphatic carbocycles. The fourth-order valence-corrected chi connectivity index (χ4v) is 3.88. The van der Waals surface area contributed by atoms with Crippen LogP contribution in [0.15, 0.2) is 12.1 Å². The van der Waals surface area contributed by atoms with E-state index >= 15 is 0 Å². The lowest BCUT2D eigenvalue weighted by atomic mass is 9.70. The van der Waals surface area contributed by atoms with Crippen molar-refractivity contribution in [3.05, 3.63) is 34.4 Å². The number of alkyl halides is 1. The van der Waals surface area contributed by atoms with Crippen molar-refractivity contribution in [3.8, 4) is 0 Å². The highest BCUT2D eigenvalue weighted by atomic mass is 35.5. The van der Waals surface area contributed by atoms with E-state index in [1.165, 1.54) is 55.2 Å². The third-order valence-electron chi connectivity index (χ3n) is 4.59. The quantitative estimate of drug-likeness (QED) is 0.646. The van der Waals surface area contributed by atoms with E-state index < -0.39 is 0 Å². The number of aryl methyl sites for hydroxylation is 3. The van der Waals surface area contributed by atoms with E-state index in [2.05, 4.69) is 32.9 Å². The molecule has 0 aromatic heterocycles. The van der Waals surface area contributed by atoms with Gasteiger partial charge in [-0.15, -0.1) is 11.6 Å². The highest BCUT2D eigenvalue weighted by Gasteiger charge is 2.32. The van der Waals surface area contributed by atoms with Gasteiger partial charge in [0.05, 0.1) is 0 Å². The van der Waals surface area contributed by atoms with E-state index in [0.717, 1.165) is 5.88 Å². The van der Waals surface area contributed by atoms with Crippen LogP contribution in [-0.4, -0.2) is 5.88 Å². The second-order valence-corrected chi connectivity index (χ2v) is 6.52. The lowest BCUT2D eigenvalue weighted by Gasteiger charge is -2.36. The van der Waals surface area contributed by atoms with Crippen LogP contribution >= 0.6 is 11.6 Å². The molecule has 0 amide bonds. The summed E-state index contributed by atoms with van der Waals surface area (Å²) in [7, 11) is 0. The van der Waals surface area contributed by atoms with Crippen LogP contribution in [0.3, 0.4) is 0 Å². The zero-order valence-corrected chi connectivity index (χ0v) is 12.7. The van der Waals surface area contributed by atoms with E-state index in [-0.39, 0.29) is 0 Å². The molecule has 1 aromatic rings. The maximum atomic E-state index is 6.32. The fraction of sp³-hybridized carbons (Fsp3) is 0.647. The fourth-order valence-electron chi connectivity index (χ4n) is 3.52. The first-order valence-corrected chi connectivity index (χ1v) is 7.72. The van der Waals surface area contributed by atoms with Gasteiger partial charge in [0.2, 0.25) is 0 Å². The summed E-state index contributed by atoms with van der Waals surface area (Å²) in [4.78, 5) is 0. The Morgan fingerprint density at radius 1 is 1.00 bits per heavy atom. The molecule has 1 fully saturated rings. The number of halogens is 1. The zero-order valence-electron chi connectivity index (χ0n) is 12.0. The summed E-state index contributed by atoms with van der Waals surface area (Å²) in [6.45, 7) is 6.68. The molecule has 0 nitrogen and oxygen atoms in total. The third kappa shape index (κ3) is 2.91. The highest BCUT2D eigenvalue weighted by molar-refractivity contribution is 6.18. The first-order valence-electron chi connectivity index (χ1n) is 7.19. The van der Waals surface area contributed by atoms with Crippen molar-refractivity contribution >= 4 is 11.6 Å². The molecular formula is C17H25Cl. The standard InChI is InChI=1S/C17H25Cl/c1-13-9-14(2)16(15(3)10-13)11-17(12-18)7-5-4-6-8-17/h9-10H,4-8,11-12H2,1-3H3. The average Bonchev–Trinajstić information content (AvgIpc) is 2.35. The number of hydrogen-bond acceptors (Lipinski definition) is 0. The van der Waals surface area contributed by atoms with Gasteiger partial charge in [0.1, 0.15) is 0 Å². The summed E-state index contributed by atoms with van der Waals surface area (Å²) in [6, 6.07) is 4.63. The summed E-state index contributed by atoms with van der Waals surface area (Å²) >= 11 is 6.32. The summed E-state index contributed by atoms with van der Waals surface area (Å²) in [5.41, 5.74) is 6.18. The number of rotatable bonds is 3. The lowest BCUT2D eigenvalue weighted by Crippen LogP contribution is -2.29. The van der Waals surface area contributed by atoms with Crippen molar-refractivity contribution in [2.75, 3.05) is 5.88 Å². The van der Waals surface area contributed by atoms with Crippen LogP contribution in [0.1, 0.15) is 54.4 Å². The van der Waals surface area contributed by atoms with Crippen LogP contribution in [0.25, 0.3) is 0 Å². The summed E-state index contributed by atoms with van der Waals surface area (Å²) < 4.78 is 0. The van der Waals surface area contributed by atoms with E-state index in [4.69, 9.17) is 11.6 Å². The molecule has 1 saturated carbocycles. The topological polar surface area (TPSA) is 0 Å². The monoisotopic (exact) mass is 264 g/mol. The molecule has 0 atom stereocenters. The van der Waals surface area contributed by atoms with Crippen LogP contribution in [0.5, 0.6) is 0 Å². The Hall–Kier alpha value is -0.490. The molecule has 1 aliphatic rings. The Bertz CT molecular complexity index is 391. The SMILES string of the molecule is Cc1cc(C)c(CC2(CCl)CCCCC2)c(C)c1. The van der Waals surface area contributed by atoms with Crippen LogP contribution in [0, 0.1) is 26.2 Å². The molecule has 100 valence electrons. The minimum Gasteiger partial charge on any atom is -0.126 e. The molecule has 0 unspecified atom stereocenters. The summed E-state index contributed by atoms with van der Waals surface area (Å²) in [5.74, 6) is 0.819. The minimum atomic E-state index is 0.366. The molecule has 0 heterocycles. The van der Waals surface area contributed by atoms with Crippen LogP contribution in [-0.2, 0) is 6.42 Å². The Morgan fingerprint density at radius 2 is 1.56 bits per heavy atom. The average molecular weight is 265 g/mol. The van der Waals surface area contributed by atoms with Crippen LogP contribution < -0.4 is 0 Å². The van der Waals surface area contributed by atoms with E-state index in [0.29, 0.717) is 5.41 Å².